The van der Waals surface area contributed by atoms with Crippen molar-refractivity contribution in [1.82, 2.24) is 39.8 Å². The smallest absolute Gasteiger partial charge is 0.311 e. The second kappa shape index (κ2) is 26.6. The van der Waals surface area contributed by atoms with Gasteiger partial charge in [-0.1, -0.05) is 43.3 Å². The van der Waals surface area contributed by atoms with Gasteiger partial charge in [-0.3, -0.25) is 9.48 Å². The first-order valence-corrected chi connectivity index (χ1v) is 27.5. The van der Waals surface area contributed by atoms with Crippen LogP contribution in [0.15, 0.2) is 36.7 Å². The van der Waals surface area contributed by atoms with Crippen molar-refractivity contribution in [2.75, 3.05) is 41.4 Å². The molecule has 21 heteroatoms. The molecule has 0 radical (unpaired) electrons. The predicted octanol–water partition coefficient (Wildman–Crippen LogP) is 3.86. The first-order chi connectivity index (χ1) is 35.8. The zero-order valence-corrected chi connectivity index (χ0v) is 47.7. The van der Waals surface area contributed by atoms with Crippen LogP contribution in [0.4, 0.5) is 0 Å². The number of esters is 1. The van der Waals surface area contributed by atoms with E-state index in [-0.39, 0.29) is 31.3 Å². The highest BCUT2D eigenvalue weighted by Crippen LogP contribution is 2.40. The summed E-state index contributed by atoms with van der Waals surface area (Å²) in [5, 5.41) is 77.0. The fourth-order valence-electron chi connectivity index (χ4n) is 11.7. The number of hydrogen-bond donors (Lipinski definition) is 5. The fourth-order valence-corrected chi connectivity index (χ4v) is 11.7. The second-order valence-electron chi connectivity index (χ2n) is 23.1. The van der Waals surface area contributed by atoms with Gasteiger partial charge in [-0.15, -0.1) is 10.2 Å². The number of carbonyl (C=O) groups is 1. The molecule has 3 aliphatic heterocycles. The Bertz CT molecular complexity index is 2250. The van der Waals surface area contributed by atoms with Crippen LogP contribution in [0.2, 0.25) is 0 Å². The Morgan fingerprint density at radius 1 is 0.868 bits per heavy atom. The summed E-state index contributed by atoms with van der Waals surface area (Å²) in [6, 6.07) is 7.34. The Morgan fingerprint density at radius 3 is 2.24 bits per heavy atom. The molecule has 1 aromatic carbocycles. The lowest BCUT2D eigenvalue weighted by Crippen LogP contribution is -2.61. The number of likely N-dealkylation sites (N-methyl/N-ethyl adjacent to an activating group) is 2. The number of aliphatic hydroxyl groups excluding tert-OH is 3. The molecule has 3 aliphatic rings. The number of benzene rings is 1. The standard InChI is InChI=1S/C55H92N8O13/c1-15-44-55(10,69)48(65)37(6)61(12)29-33(2)27-53(8,68)50(35(4)47(36(5)51(67)74-44)75-45-28-54(9,71-14)49(66)38(7)73-45)76-52-46(64)43(26-34(3)72-52)60(11)25-23-40-30-62(58-56-40)24-17-16-18-39-19-21-42(22-20-39)63-31-41(32-70-13)57-59-63/h19-22,30-31,33-38,43-50,52,64-66,68-69H,15-18,23-29,32H2,1-14H3/t33-,34-,35+,36-,37-,38+,43+,44-,45+,46-,47+,48-,49+,50-,52+,53-,54-,55-/m1/s1. The summed E-state index contributed by atoms with van der Waals surface area (Å²) in [5.41, 5.74) is -0.736. The van der Waals surface area contributed by atoms with Gasteiger partial charge in [-0.2, -0.15) is 0 Å². The monoisotopic (exact) mass is 1070 g/mol. The van der Waals surface area contributed by atoms with Crippen molar-refractivity contribution in [1.29, 1.82) is 0 Å². The van der Waals surface area contributed by atoms with Gasteiger partial charge in [0, 0.05) is 70.9 Å². The Kier molecular flexibility index (Phi) is 21.6. The molecule has 3 fully saturated rings. The van der Waals surface area contributed by atoms with E-state index in [0.29, 0.717) is 32.5 Å². The molecular formula is C55H92N8O13. The number of nitrogens with zero attached hydrogens (tertiary/aromatic N) is 8. The average Bonchev–Trinajstić information content (AvgIpc) is 4.05. The topological polar surface area (TPSA) is 251 Å². The van der Waals surface area contributed by atoms with Gasteiger partial charge in [0.1, 0.15) is 35.7 Å². The van der Waals surface area contributed by atoms with Crippen LogP contribution in [0.5, 0.6) is 0 Å². The summed E-state index contributed by atoms with van der Waals surface area (Å²) in [5.74, 6) is -2.76. The van der Waals surface area contributed by atoms with E-state index in [1.54, 1.807) is 53.3 Å². The van der Waals surface area contributed by atoms with Gasteiger partial charge in [-0.25, -0.2) is 4.68 Å². The average molecular weight is 1070 g/mol. The number of aromatic nitrogens is 6. The third kappa shape index (κ3) is 15.0. The molecule has 6 rings (SSSR count). The SMILES string of the molecule is CC[C@H]1OC(=O)[C@H](C)[C@@H](O[C@H]2C[C@@](C)(OC)[C@@H](O)[C@H](C)O2)[C@H](C)[C@@H](O[C@@H]2O[C@H](C)C[C@H](N(C)CCc3cn(CCCCc4ccc(-n5cc(COC)nn5)cc4)nn3)[C@H]2O)[C@](C)(O)C[C@@H](C)CN(C)[C@H](C)[C@@H](O)[C@]1(C)O. The van der Waals surface area contributed by atoms with Crippen LogP contribution in [-0.2, 0) is 63.9 Å². The van der Waals surface area contributed by atoms with Crippen molar-refractivity contribution >= 4 is 5.97 Å². The number of methoxy groups -OCH3 is 2. The quantitative estimate of drug-likeness (QED) is 0.0896. The minimum atomic E-state index is -1.83. The highest BCUT2D eigenvalue weighted by molar-refractivity contribution is 5.73. The van der Waals surface area contributed by atoms with Crippen molar-refractivity contribution in [3.63, 3.8) is 0 Å². The van der Waals surface area contributed by atoms with Crippen molar-refractivity contribution in [2.45, 2.75) is 224 Å². The van der Waals surface area contributed by atoms with E-state index in [9.17, 15) is 30.3 Å². The normalized spacial score (nSPS) is 37.7. The molecular weight excluding hydrogens is 981 g/mol. The zero-order valence-electron chi connectivity index (χ0n) is 47.7. The molecule has 5 heterocycles. The molecule has 76 heavy (non-hydrogen) atoms. The number of carbonyl (C=O) groups excluding carboxylic acids is 1. The fraction of sp³-hybridized carbons (Fsp3) is 0.800. The van der Waals surface area contributed by atoms with Crippen LogP contribution in [0.1, 0.15) is 125 Å². The van der Waals surface area contributed by atoms with Crippen molar-refractivity contribution in [2.24, 2.45) is 17.8 Å². The maximum atomic E-state index is 14.5. The highest BCUT2D eigenvalue weighted by atomic mass is 16.7. The van der Waals surface area contributed by atoms with Crippen molar-refractivity contribution < 1.29 is 63.5 Å². The van der Waals surface area contributed by atoms with Gasteiger partial charge in [-0.05, 0) is 125 Å². The molecule has 2 aromatic heterocycles. The molecule has 21 nitrogen and oxygen atoms in total. The lowest BCUT2D eigenvalue weighted by atomic mass is 9.77. The maximum Gasteiger partial charge on any atom is 0.311 e. The van der Waals surface area contributed by atoms with Crippen molar-refractivity contribution in [3.05, 3.63) is 53.6 Å². The zero-order chi connectivity index (χ0) is 55.9. The molecule has 5 N–H and O–H groups in total. The lowest BCUT2D eigenvalue weighted by Gasteiger charge is -2.49. The molecule has 3 saturated heterocycles. The largest absolute Gasteiger partial charge is 0.459 e. The predicted molar refractivity (Wildman–Crippen MR) is 282 cm³/mol. The number of rotatable bonds is 18. The van der Waals surface area contributed by atoms with Crippen LogP contribution >= 0.6 is 0 Å². The van der Waals surface area contributed by atoms with Crippen LogP contribution in [0.25, 0.3) is 5.69 Å². The molecule has 0 saturated carbocycles. The number of ether oxygens (including phenoxy) is 7. The molecule has 0 unspecified atom stereocenters. The third-order valence-electron chi connectivity index (χ3n) is 16.6. The summed E-state index contributed by atoms with van der Waals surface area (Å²) in [4.78, 5) is 18.5. The summed E-state index contributed by atoms with van der Waals surface area (Å²) < 4.78 is 47.2. The van der Waals surface area contributed by atoms with E-state index in [1.807, 2.05) is 69.0 Å². The molecule has 430 valence electrons. The van der Waals surface area contributed by atoms with Gasteiger partial charge >= 0.3 is 5.97 Å². The van der Waals surface area contributed by atoms with Crippen molar-refractivity contribution in [3.8, 4) is 5.69 Å². The molecule has 0 amide bonds. The van der Waals surface area contributed by atoms with E-state index in [0.717, 1.165) is 42.9 Å². The molecule has 0 bridgehead atoms. The van der Waals surface area contributed by atoms with Crippen LogP contribution in [0, 0.1) is 17.8 Å². The molecule has 0 aliphatic carbocycles. The Morgan fingerprint density at radius 2 is 1.57 bits per heavy atom. The summed E-state index contributed by atoms with van der Waals surface area (Å²) >= 11 is 0. The number of unbranched alkanes of at least 4 members (excludes halogenated alkanes) is 1. The van der Waals surface area contributed by atoms with Gasteiger partial charge in [0.2, 0.25) is 0 Å². The molecule has 0 spiro atoms. The second-order valence-corrected chi connectivity index (χ2v) is 23.1. The van der Waals surface area contributed by atoms with Crippen LogP contribution in [-0.4, -0.2) is 203 Å². The number of aryl methyl sites for hydroxylation is 2. The number of hydrogen-bond acceptors (Lipinski definition) is 19. The molecule has 3 aromatic rings. The highest BCUT2D eigenvalue weighted by Gasteiger charge is 2.53. The van der Waals surface area contributed by atoms with Gasteiger partial charge < -0.3 is 68.5 Å². The maximum absolute atomic E-state index is 14.5. The molecule has 18 atom stereocenters. The van der Waals surface area contributed by atoms with Gasteiger partial charge in [0.15, 0.2) is 12.6 Å². The van der Waals surface area contributed by atoms with Crippen LogP contribution < -0.4 is 0 Å². The summed E-state index contributed by atoms with van der Waals surface area (Å²) in [6.45, 7) is 19.8. The van der Waals surface area contributed by atoms with Gasteiger partial charge in [0.25, 0.3) is 0 Å². The van der Waals surface area contributed by atoms with Gasteiger partial charge in [0.05, 0.1) is 65.7 Å². The Hall–Kier alpha value is -3.55. The minimum Gasteiger partial charge on any atom is -0.459 e. The number of cyclic esters (lactones) is 1. The summed E-state index contributed by atoms with van der Waals surface area (Å²) in [6.07, 6.45) is -1.69. The Balaban J connectivity index is 1.16. The summed E-state index contributed by atoms with van der Waals surface area (Å²) in [7, 11) is 6.94. The van der Waals surface area contributed by atoms with E-state index in [1.165, 1.54) is 19.6 Å². The van der Waals surface area contributed by atoms with E-state index < -0.39 is 102 Å². The first-order valence-electron chi connectivity index (χ1n) is 27.5. The van der Waals surface area contributed by atoms with Crippen LogP contribution in [0.3, 0.4) is 0 Å². The lowest BCUT2D eigenvalue weighted by molar-refractivity contribution is -0.318. The number of aliphatic hydroxyl groups is 5. The first kappa shape index (κ1) is 61.7. The third-order valence-corrected chi connectivity index (χ3v) is 16.6. The Labute approximate surface area is 450 Å². The van der Waals surface area contributed by atoms with E-state index in [4.69, 9.17) is 33.2 Å². The van der Waals surface area contributed by atoms with E-state index >= 15 is 0 Å². The minimum absolute atomic E-state index is 0.105. The van der Waals surface area contributed by atoms with E-state index in [2.05, 4.69) is 37.7 Å².